The first-order chi connectivity index (χ1) is 9.77. The Labute approximate surface area is 121 Å². The zero-order valence-corrected chi connectivity index (χ0v) is 11.7. The number of alkyl halides is 3. The highest BCUT2D eigenvalue weighted by Crippen LogP contribution is 2.29. The zero-order chi connectivity index (χ0) is 15.6. The summed E-state index contributed by atoms with van der Waals surface area (Å²) in [6.45, 7) is 2.64. The molecule has 0 radical (unpaired) electrons. The summed E-state index contributed by atoms with van der Waals surface area (Å²) in [5.41, 5.74) is 0.0106. The summed E-state index contributed by atoms with van der Waals surface area (Å²) in [6.07, 6.45) is -3.83. The second-order valence-electron chi connectivity index (χ2n) is 5.53. The van der Waals surface area contributed by atoms with E-state index in [9.17, 15) is 23.1 Å². The Kier molecular flexibility index (Phi) is 4.56. The highest BCUT2D eigenvalue weighted by molar-refractivity contribution is 5.79. The van der Waals surface area contributed by atoms with Gasteiger partial charge in [-0.15, -0.1) is 0 Å². The molecule has 1 unspecified atom stereocenters. The smallest absolute Gasteiger partial charge is 0.391 e. The molecule has 116 valence electrons. The number of hydrogen-bond donors (Lipinski definition) is 1. The average molecular weight is 301 g/mol. The third kappa shape index (κ3) is 3.97. The standard InChI is InChI=1S/C15H18F3NO2/c1-10(14(21)19-7-6-13(20)9-19)8-11-2-4-12(5-3-11)15(16,17)18/h2-5,10,13,20H,6-9H2,1H3/t10?,13-/m1/s1. The van der Waals surface area contributed by atoms with Gasteiger partial charge in [-0.3, -0.25) is 4.79 Å². The molecule has 1 amide bonds. The molecule has 0 aromatic heterocycles. The van der Waals surface area contributed by atoms with Gasteiger partial charge in [0.25, 0.3) is 0 Å². The van der Waals surface area contributed by atoms with Crippen LogP contribution in [-0.2, 0) is 17.4 Å². The van der Waals surface area contributed by atoms with Crippen molar-refractivity contribution < 1.29 is 23.1 Å². The van der Waals surface area contributed by atoms with E-state index in [0.29, 0.717) is 31.5 Å². The number of benzene rings is 1. The number of halogens is 3. The first kappa shape index (κ1) is 15.8. The number of nitrogens with zero attached hydrogens (tertiary/aromatic N) is 1. The minimum atomic E-state index is -4.34. The fourth-order valence-corrected chi connectivity index (χ4v) is 2.52. The van der Waals surface area contributed by atoms with Gasteiger partial charge in [-0.25, -0.2) is 0 Å². The van der Waals surface area contributed by atoms with Crippen LogP contribution in [0.4, 0.5) is 13.2 Å². The molecule has 1 saturated heterocycles. The number of aliphatic hydroxyl groups excluding tert-OH is 1. The maximum absolute atomic E-state index is 12.5. The van der Waals surface area contributed by atoms with E-state index in [-0.39, 0.29) is 11.8 Å². The Hall–Kier alpha value is -1.56. The summed E-state index contributed by atoms with van der Waals surface area (Å²) >= 11 is 0. The maximum atomic E-state index is 12.5. The zero-order valence-electron chi connectivity index (χ0n) is 11.7. The molecule has 0 spiro atoms. The van der Waals surface area contributed by atoms with Crippen LogP contribution in [0.25, 0.3) is 0 Å². The van der Waals surface area contributed by atoms with E-state index < -0.39 is 17.8 Å². The summed E-state index contributed by atoms with van der Waals surface area (Å²) < 4.78 is 37.4. The number of hydrogen-bond acceptors (Lipinski definition) is 2. The molecule has 1 heterocycles. The van der Waals surface area contributed by atoms with E-state index in [1.807, 2.05) is 0 Å². The highest BCUT2D eigenvalue weighted by atomic mass is 19.4. The number of β-amino-alcohol motifs (C(OH)–C–C–N with tert-alkyl or cyclic N) is 1. The quantitative estimate of drug-likeness (QED) is 0.932. The second-order valence-corrected chi connectivity index (χ2v) is 5.53. The summed E-state index contributed by atoms with van der Waals surface area (Å²) in [7, 11) is 0. The van der Waals surface area contributed by atoms with Crippen LogP contribution < -0.4 is 0 Å². The molecule has 1 N–H and O–H groups in total. The lowest BCUT2D eigenvalue weighted by atomic mass is 9.99. The number of likely N-dealkylation sites (tertiary alicyclic amines) is 1. The van der Waals surface area contributed by atoms with Gasteiger partial charge in [-0.2, -0.15) is 13.2 Å². The molecular formula is C15H18F3NO2. The Balaban J connectivity index is 1.96. The van der Waals surface area contributed by atoms with Crippen molar-refractivity contribution in [1.29, 1.82) is 0 Å². The number of carbonyl (C=O) groups is 1. The van der Waals surface area contributed by atoms with Crippen LogP contribution in [0.2, 0.25) is 0 Å². The van der Waals surface area contributed by atoms with Gasteiger partial charge in [0.1, 0.15) is 0 Å². The van der Waals surface area contributed by atoms with Crippen molar-refractivity contribution >= 4 is 5.91 Å². The molecule has 2 atom stereocenters. The first-order valence-corrected chi connectivity index (χ1v) is 6.90. The third-order valence-corrected chi connectivity index (χ3v) is 3.72. The second kappa shape index (κ2) is 6.05. The van der Waals surface area contributed by atoms with Crippen LogP contribution in [-0.4, -0.2) is 35.1 Å². The first-order valence-electron chi connectivity index (χ1n) is 6.90. The van der Waals surface area contributed by atoms with Crippen molar-refractivity contribution in [3.63, 3.8) is 0 Å². The van der Waals surface area contributed by atoms with Gasteiger partial charge in [-0.05, 0) is 30.5 Å². The predicted molar refractivity (Wildman–Crippen MR) is 71.5 cm³/mol. The molecule has 21 heavy (non-hydrogen) atoms. The van der Waals surface area contributed by atoms with Crippen molar-refractivity contribution in [2.24, 2.45) is 5.92 Å². The molecule has 1 aliphatic heterocycles. The van der Waals surface area contributed by atoms with Gasteiger partial charge in [0.15, 0.2) is 0 Å². The van der Waals surface area contributed by atoms with E-state index in [0.717, 1.165) is 12.1 Å². The van der Waals surface area contributed by atoms with Gasteiger partial charge in [-0.1, -0.05) is 19.1 Å². The fourth-order valence-electron chi connectivity index (χ4n) is 2.52. The lowest BCUT2D eigenvalue weighted by Gasteiger charge is -2.20. The summed E-state index contributed by atoms with van der Waals surface area (Å²) in [5.74, 6) is -0.376. The number of carbonyl (C=O) groups excluding carboxylic acids is 1. The number of aliphatic hydroxyl groups is 1. The fraction of sp³-hybridized carbons (Fsp3) is 0.533. The highest BCUT2D eigenvalue weighted by Gasteiger charge is 2.30. The average Bonchev–Trinajstić information content (AvgIpc) is 2.84. The summed E-state index contributed by atoms with van der Waals surface area (Å²) in [6, 6.07) is 4.88. The van der Waals surface area contributed by atoms with Crippen LogP contribution in [0.5, 0.6) is 0 Å². The van der Waals surface area contributed by atoms with Crippen LogP contribution >= 0.6 is 0 Å². The van der Waals surface area contributed by atoms with Gasteiger partial charge >= 0.3 is 6.18 Å². The Bertz CT molecular complexity index is 499. The van der Waals surface area contributed by atoms with E-state index in [1.165, 1.54) is 12.1 Å². The van der Waals surface area contributed by atoms with Crippen LogP contribution in [0.1, 0.15) is 24.5 Å². The Morgan fingerprint density at radius 2 is 2.00 bits per heavy atom. The van der Waals surface area contributed by atoms with Crippen molar-refractivity contribution in [2.75, 3.05) is 13.1 Å². The van der Waals surface area contributed by atoms with Crippen LogP contribution in [0, 0.1) is 5.92 Å². The van der Waals surface area contributed by atoms with E-state index >= 15 is 0 Å². The minimum Gasteiger partial charge on any atom is -0.391 e. The van der Waals surface area contributed by atoms with Crippen molar-refractivity contribution in [3.05, 3.63) is 35.4 Å². The lowest BCUT2D eigenvalue weighted by Crippen LogP contribution is -2.34. The molecule has 2 rings (SSSR count). The monoisotopic (exact) mass is 301 g/mol. The summed E-state index contributed by atoms with van der Waals surface area (Å²) in [4.78, 5) is 13.8. The van der Waals surface area contributed by atoms with E-state index in [1.54, 1.807) is 11.8 Å². The minimum absolute atomic E-state index is 0.0635. The van der Waals surface area contributed by atoms with Crippen LogP contribution in [0.3, 0.4) is 0 Å². The SMILES string of the molecule is CC(Cc1ccc(C(F)(F)F)cc1)C(=O)N1CC[C@@H](O)C1. The van der Waals surface area contributed by atoms with Gasteiger partial charge in [0.05, 0.1) is 11.7 Å². The van der Waals surface area contributed by atoms with Crippen LogP contribution in [0.15, 0.2) is 24.3 Å². The Morgan fingerprint density at radius 3 is 2.48 bits per heavy atom. The van der Waals surface area contributed by atoms with Gasteiger partial charge in [0.2, 0.25) is 5.91 Å². The lowest BCUT2D eigenvalue weighted by molar-refractivity contribution is -0.137. The number of rotatable bonds is 3. The molecule has 0 aliphatic carbocycles. The molecule has 0 bridgehead atoms. The van der Waals surface area contributed by atoms with E-state index in [2.05, 4.69) is 0 Å². The largest absolute Gasteiger partial charge is 0.416 e. The molecule has 1 aromatic carbocycles. The normalized spacial score (nSPS) is 20.6. The summed E-state index contributed by atoms with van der Waals surface area (Å²) in [5, 5.41) is 9.43. The van der Waals surface area contributed by atoms with Gasteiger partial charge < -0.3 is 10.0 Å². The third-order valence-electron chi connectivity index (χ3n) is 3.72. The molecule has 1 aliphatic rings. The topological polar surface area (TPSA) is 40.5 Å². The molecular weight excluding hydrogens is 283 g/mol. The van der Waals surface area contributed by atoms with Crippen molar-refractivity contribution in [2.45, 2.75) is 32.0 Å². The van der Waals surface area contributed by atoms with Crippen molar-refractivity contribution in [1.82, 2.24) is 4.90 Å². The molecule has 6 heteroatoms. The maximum Gasteiger partial charge on any atom is 0.416 e. The van der Waals surface area contributed by atoms with Crippen molar-refractivity contribution in [3.8, 4) is 0 Å². The van der Waals surface area contributed by atoms with Gasteiger partial charge in [0, 0.05) is 19.0 Å². The molecule has 3 nitrogen and oxygen atoms in total. The predicted octanol–water partition coefficient (Wildman–Crippen LogP) is 2.48. The Morgan fingerprint density at radius 1 is 1.38 bits per heavy atom. The molecule has 1 fully saturated rings. The molecule has 1 aromatic rings. The number of amides is 1. The van der Waals surface area contributed by atoms with E-state index in [4.69, 9.17) is 0 Å². The molecule has 0 saturated carbocycles.